The van der Waals surface area contributed by atoms with Crippen LogP contribution in [0.4, 0.5) is 11.6 Å². The minimum absolute atomic E-state index is 0.180. The highest BCUT2D eigenvalue weighted by Gasteiger charge is 2.25. The average Bonchev–Trinajstić information content (AvgIpc) is 3.06. The first-order valence-electron chi connectivity index (χ1n) is 8.67. The predicted octanol–water partition coefficient (Wildman–Crippen LogP) is 2.71. The van der Waals surface area contributed by atoms with Crippen LogP contribution < -0.4 is 10.2 Å². The molecule has 0 bridgehead atoms. The third-order valence-electron chi connectivity index (χ3n) is 4.73. The number of nitrogens with zero attached hydrogens (tertiary/aromatic N) is 3. The third-order valence-corrected chi connectivity index (χ3v) is 4.73. The topological polar surface area (TPSA) is 61.3 Å². The molecular weight excluding hydrogens is 300 g/mol. The van der Waals surface area contributed by atoms with Gasteiger partial charge in [-0.25, -0.2) is 9.97 Å². The average molecular weight is 326 g/mol. The molecule has 5 heteroatoms. The summed E-state index contributed by atoms with van der Waals surface area (Å²) in [6.45, 7) is 6.25. The highest BCUT2D eigenvalue weighted by atomic mass is 16.3. The molecule has 128 valence electrons. The van der Waals surface area contributed by atoms with Crippen LogP contribution >= 0.6 is 0 Å². The highest BCUT2D eigenvalue weighted by Crippen LogP contribution is 2.24. The van der Waals surface area contributed by atoms with Gasteiger partial charge in [0.25, 0.3) is 0 Å². The predicted molar refractivity (Wildman–Crippen MR) is 97.6 cm³/mol. The first kappa shape index (κ1) is 16.7. The molecular formula is C19H26N4O. The SMILES string of the molecule is Cc1ccc(CCNc2cc(N3CCCC3CO)ncn2)c(C)c1. The summed E-state index contributed by atoms with van der Waals surface area (Å²) in [7, 11) is 0. The number of benzene rings is 1. The van der Waals surface area contributed by atoms with Gasteiger partial charge in [-0.1, -0.05) is 23.8 Å². The molecule has 1 saturated heterocycles. The molecule has 24 heavy (non-hydrogen) atoms. The number of hydrogen-bond acceptors (Lipinski definition) is 5. The molecule has 0 radical (unpaired) electrons. The Balaban J connectivity index is 1.60. The van der Waals surface area contributed by atoms with Crippen molar-refractivity contribution in [3.8, 4) is 0 Å². The molecule has 0 aliphatic carbocycles. The van der Waals surface area contributed by atoms with Crippen LogP contribution in [0.15, 0.2) is 30.6 Å². The van der Waals surface area contributed by atoms with E-state index in [1.165, 1.54) is 16.7 Å². The zero-order valence-corrected chi connectivity index (χ0v) is 14.5. The van der Waals surface area contributed by atoms with Crippen molar-refractivity contribution in [3.63, 3.8) is 0 Å². The molecule has 2 aromatic rings. The number of nitrogens with one attached hydrogen (secondary N) is 1. The Kier molecular flexibility index (Phi) is 5.30. The lowest BCUT2D eigenvalue weighted by Crippen LogP contribution is -2.32. The van der Waals surface area contributed by atoms with Crippen LogP contribution in [0.2, 0.25) is 0 Å². The van der Waals surface area contributed by atoms with Gasteiger partial charge in [-0.15, -0.1) is 0 Å². The van der Waals surface area contributed by atoms with Gasteiger partial charge in [0, 0.05) is 19.2 Å². The Morgan fingerprint density at radius 3 is 2.92 bits per heavy atom. The number of aliphatic hydroxyl groups is 1. The second-order valence-corrected chi connectivity index (χ2v) is 6.54. The van der Waals surface area contributed by atoms with E-state index in [9.17, 15) is 5.11 Å². The summed E-state index contributed by atoms with van der Waals surface area (Å²) < 4.78 is 0. The van der Waals surface area contributed by atoms with Crippen molar-refractivity contribution in [2.24, 2.45) is 0 Å². The molecule has 0 saturated carbocycles. The van der Waals surface area contributed by atoms with E-state index in [4.69, 9.17) is 0 Å². The Morgan fingerprint density at radius 2 is 2.12 bits per heavy atom. The molecule has 0 spiro atoms. The lowest BCUT2D eigenvalue weighted by Gasteiger charge is -2.24. The van der Waals surface area contributed by atoms with Crippen LogP contribution in [0.5, 0.6) is 0 Å². The van der Waals surface area contributed by atoms with E-state index in [-0.39, 0.29) is 12.6 Å². The first-order valence-corrected chi connectivity index (χ1v) is 8.67. The maximum atomic E-state index is 9.48. The van der Waals surface area contributed by atoms with Crippen molar-refractivity contribution in [1.29, 1.82) is 0 Å². The molecule has 1 unspecified atom stereocenters. The van der Waals surface area contributed by atoms with Crippen molar-refractivity contribution < 1.29 is 5.11 Å². The van der Waals surface area contributed by atoms with Gasteiger partial charge >= 0.3 is 0 Å². The molecule has 2 heterocycles. The summed E-state index contributed by atoms with van der Waals surface area (Å²) in [6.07, 6.45) is 4.69. The van der Waals surface area contributed by atoms with E-state index < -0.39 is 0 Å². The summed E-state index contributed by atoms with van der Waals surface area (Å²) in [5.74, 6) is 1.74. The van der Waals surface area contributed by atoms with E-state index in [0.29, 0.717) is 0 Å². The van der Waals surface area contributed by atoms with Crippen LogP contribution in [0.1, 0.15) is 29.5 Å². The largest absolute Gasteiger partial charge is 0.394 e. The third kappa shape index (κ3) is 3.85. The van der Waals surface area contributed by atoms with E-state index in [1.807, 2.05) is 6.07 Å². The molecule has 1 aromatic carbocycles. The van der Waals surface area contributed by atoms with Gasteiger partial charge in [-0.3, -0.25) is 0 Å². The number of hydrogen-bond donors (Lipinski definition) is 2. The molecule has 5 nitrogen and oxygen atoms in total. The molecule has 1 aliphatic rings. The number of aliphatic hydroxyl groups excluding tert-OH is 1. The second-order valence-electron chi connectivity index (χ2n) is 6.54. The standard InChI is InChI=1S/C19H26N4O/c1-14-5-6-16(15(2)10-14)7-8-20-18-11-19(22-13-21-18)23-9-3-4-17(23)12-24/h5-6,10-11,13,17,24H,3-4,7-9,12H2,1-2H3,(H,20,21,22). The molecule has 1 atom stereocenters. The van der Waals surface area contributed by atoms with Crippen molar-refractivity contribution in [1.82, 2.24) is 9.97 Å². The zero-order valence-electron chi connectivity index (χ0n) is 14.5. The maximum absolute atomic E-state index is 9.48. The fourth-order valence-corrected chi connectivity index (χ4v) is 3.38. The number of aromatic nitrogens is 2. The fourth-order valence-electron chi connectivity index (χ4n) is 3.38. The summed E-state index contributed by atoms with van der Waals surface area (Å²) in [6, 6.07) is 8.75. The summed E-state index contributed by atoms with van der Waals surface area (Å²) in [5, 5.41) is 12.9. The highest BCUT2D eigenvalue weighted by molar-refractivity contribution is 5.50. The Morgan fingerprint density at radius 1 is 1.25 bits per heavy atom. The molecule has 2 N–H and O–H groups in total. The van der Waals surface area contributed by atoms with Crippen LogP contribution in [-0.4, -0.2) is 40.8 Å². The quantitative estimate of drug-likeness (QED) is 0.855. The van der Waals surface area contributed by atoms with Gasteiger partial charge in [0.2, 0.25) is 0 Å². The smallest absolute Gasteiger partial charge is 0.134 e. The minimum Gasteiger partial charge on any atom is -0.394 e. The normalized spacial score (nSPS) is 17.3. The van der Waals surface area contributed by atoms with Crippen LogP contribution in [0.25, 0.3) is 0 Å². The fraction of sp³-hybridized carbons (Fsp3) is 0.474. The van der Waals surface area contributed by atoms with Crippen molar-refractivity contribution in [2.75, 3.05) is 29.9 Å². The van der Waals surface area contributed by atoms with E-state index in [2.05, 4.69) is 52.2 Å². The second kappa shape index (κ2) is 7.62. The van der Waals surface area contributed by atoms with Crippen LogP contribution in [-0.2, 0) is 6.42 Å². The molecule has 3 rings (SSSR count). The lowest BCUT2D eigenvalue weighted by molar-refractivity contribution is 0.266. The number of anilines is 2. The Bertz CT molecular complexity index is 689. The van der Waals surface area contributed by atoms with Crippen molar-refractivity contribution in [3.05, 3.63) is 47.3 Å². The van der Waals surface area contributed by atoms with Gasteiger partial charge < -0.3 is 15.3 Å². The van der Waals surface area contributed by atoms with Gasteiger partial charge in [0.05, 0.1) is 12.6 Å². The lowest BCUT2D eigenvalue weighted by atomic mass is 10.0. The number of rotatable bonds is 6. The minimum atomic E-state index is 0.180. The molecule has 1 fully saturated rings. The monoisotopic (exact) mass is 326 g/mol. The summed E-state index contributed by atoms with van der Waals surface area (Å²) >= 11 is 0. The van der Waals surface area contributed by atoms with Gasteiger partial charge in [-0.05, 0) is 44.2 Å². The van der Waals surface area contributed by atoms with Gasteiger partial charge in [0.1, 0.15) is 18.0 Å². The first-order chi connectivity index (χ1) is 11.7. The van der Waals surface area contributed by atoms with Gasteiger partial charge in [-0.2, -0.15) is 0 Å². The van der Waals surface area contributed by atoms with E-state index >= 15 is 0 Å². The summed E-state index contributed by atoms with van der Waals surface area (Å²) in [5.41, 5.74) is 4.00. The van der Waals surface area contributed by atoms with E-state index in [0.717, 1.165) is 44.0 Å². The molecule has 1 aromatic heterocycles. The summed E-state index contributed by atoms with van der Waals surface area (Å²) in [4.78, 5) is 10.9. The molecule has 0 amide bonds. The zero-order chi connectivity index (χ0) is 16.9. The Labute approximate surface area is 143 Å². The van der Waals surface area contributed by atoms with Gasteiger partial charge in [0.15, 0.2) is 0 Å². The Hall–Kier alpha value is -2.14. The van der Waals surface area contributed by atoms with Crippen LogP contribution in [0.3, 0.4) is 0 Å². The number of aryl methyl sites for hydroxylation is 2. The van der Waals surface area contributed by atoms with Crippen molar-refractivity contribution >= 4 is 11.6 Å². The van der Waals surface area contributed by atoms with Crippen LogP contribution in [0, 0.1) is 13.8 Å². The molecule has 1 aliphatic heterocycles. The van der Waals surface area contributed by atoms with E-state index in [1.54, 1.807) is 6.33 Å². The van der Waals surface area contributed by atoms with Crippen molar-refractivity contribution in [2.45, 2.75) is 39.2 Å². The maximum Gasteiger partial charge on any atom is 0.134 e.